The Balaban J connectivity index is 2.12. The Morgan fingerprint density at radius 2 is 2.12 bits per heavy atom. The van der Waals surface area contributed by atoms with Crippen molar-refractivity contribution in [3.63, 3.8) is 0 Å². The lowest BCUT2D eigenvalue weighted by Crippen LogP contribution is -2.39. The molecule has 0 bridgehead atoms. The number of hydrogen-bond acceptors (Lipinski definition) is 4. The predicted octanol–water partition coefficient (Wildman–Crippen LogP) is 3.22. The van der Waals surface area contributed by atoms with Gasteiger partial charge in [0.15, 0.2) is 0 Å². The summed E-state index contributed by atoms with van der Waals surface area (Å²) in [4.78, 5) is 13.8. The fourth-order valence-electron chi connectivity index (χ4n) is 2.60. The SMILES string of the molecule is COc1ccc2oc(C(C)NC(=O)N(C)CCC(C)O)c(C)c2c1. The number of methoxy groups -OCH3 is 1. The molecule has 132 valence electrons. The number of rotatable bonds is 6. The Bertz CT molecular complexity index is 708. The molecular weight excluding hydrogens is 308 g/mol. The highest BCUT2D eigenvalue weighted by molar-refractivity contribution is 5.84. The minimum Gasteiger partial charge on any atom is -0.497 e. The van der Waals surface area contributed by atoms with Gasteiger partial charge in [-0.05, 0) is 45.4 Å². The summed E-state index contributed by atoms with van der Waals surface area (Å²) in [5.41, 5.74) is 1.76. The summed E-state index contributed by atoms with van der Waals surface area (Å²) >= 11 is 0. The van der Waals surface area contributed by atoms with Crippen LogP contribution in [-0.2, 0) is 0 Å². The van der Waals surface area contributed by atoms with E-state index in [1.807, 2.05) is 32.0 Å². The zero-order valence-electron chi connectivity index (χ0n) is 14.9. The number of ether oxygens (including phenoxy) is 1. The van der Waals surface area contributed by atoms with Crippen molar-refractivity contribution in [3.8, 4) is 5.75 Å². The Hall–Kier alpha value is -2.21. The van der Waals surface area contributed by atoms with Gasteiger partial charge in [0.1, 0.15) is 17.1 Å². The molecule has 6 nitrogen and oxygen atoms in total. The topological polar surface area (TPSA) is 74.9 Å². The molecule has 1 heterocycles. The zero-order valence-corrected chi connectivity index (χ0v) is 14.9. The molecule has 2 N–H and O–H groups in total. The molecule has 2 atom stereocenters. The normalized spacial score (nSPS) is 13.6. The van der Waals surface area contributed by atoms with Gasteiger partial charge in [0.05, 0.1) is 19.3 Å². The molecule has 0 aliphatic carbocycles. The molecule has 1 aromatic heterocycles. The third-order valence-corrected chi connectivity index (χ3v) is 4.14. The summed E-state index contributed by atoms with van der Waals surface area (Å²) in [6.07, 6.45) is 0.118. The highest BCUT2D eigenvalue weighted by Gasteiger charge is 2.20. The number of aliphatic hydroxyl groups is 1. The summed E-state index contributed by atoms with van der Waals surface area (Å²) in [7, 11) is 3.34. The first-order valence-electron chi connectivity index (χ1n) is 8.10. The highest BCUT2D eigenvalue weighted by atomic mass is 16.5. The molecule has 0 radical (unpaired) electrons. The van der Waals surface area contributed by atoms with Crippen LogP contribution in [0.3, 0.4) is 0 Å². The molecule has 2 unspecified atom stereocenters. The molecule has 0 saturated heterocycles. The third kappa shape index (κ3) is 4.00. The molecular formula is C18H26N2O4. The maximum Gasteiger partial charge on any atom is 0.317 e. The van der Waals surface area contributed by atoms with Crippen molar-refractivity contribution in [1.82, 2.24) is 10.2 Å². The van der Waals surface area contributed by atoms with Crippen LogP contribution in [0.25, 0.3) is 11.0 Å². The molecule has 24 heavy (non-hydrogen) atoms. The number of nitrogens with zero attached hydrogens (tertiary/aromatic N) is 1. The predicted molar refractivity (Wildman–Crippen MR) is 93.4 cm³/mol. The van der Waals surface area contributed by atoms with Crippen molar-refractivity contribution < 1.29 is 19.1 Å². The van der Waals surface area contributed by atoms with Crippen LogP contribution < -0.4 is 10.1 Å². The number of benzene rings is 1. The summed E-state index contributed by atoms with van der Waals surface area (Å²) in [6, 6.07) is 5.20. The average Bonchev–Trinajstić information content (AvgIpc) is 2.88. The Morgan fingerprint density at radius 3 is 2.75 bits per heavy atom. The molecule has 2 rings (SSSR count). The summed E-state index contributed by atoms with van der Waals surface area (Å²) in [6.45, 7) is 6.07. The number of fused-ring (bicyclic) bond motifs is 1. The van der Waals surface area contributed by atoms with Crippen molar-refractivity contribution in [2.24, 2.45) is 0 Å². The number of nitrogens with one attached hydrogen (secondary N) is 1. The first kappa shape index (κ1) is 18.1. The number of aryl methyl sites for hydroxylation is 1. The maximum absolute atomic E-state index is 12.2. The van der Waals surface area contributed by atoms with Gasteiger partial charge in [-0.25, -0.2) is 4.79 Å². The first-order chi connectivity index (χ1) is 11.3. The smallest absolute Gasteiger partial charge is 0.317 e. The van der Waals surface area contributed by atoms with Gasteiger partial charge in [-0.3, -0.25) is 0 Å². The fourth-order valence-corrected chi connectivity index (χ4v) is 2.60. The number of carbonyl (C=O) groups excluding carboxylic acids is 1. The molecule has 0 fully saturated rings. The summed E-state index contributed by atoms with van der Waals surface area (Å²) < 4.78 is 11.2. The lowest BCUT2D eigenvalue weighted by molar-refractivity contribution is 0.162. The van der Waals surface area contributed by atoms with E-state index in [2.05, 4.69) is 5.32 Å². The second-order valence-electron chi connectivity index (χ2n) is 6.18. The van der Waals surface area contributed by atoms with Crippen LogP contribution >= 0.6 is 0 Å². The Morgan fingerprint density at radius 1 is 1.42 bits per heavy atom. The number of aliphatic hydroxyl groups excluding tert-OH is 1. The fraction of sp³-hybridized carbons (Fsp3) is 0.500. The summed E-state index contributed by atoms with van der Waals surface area (Å²) in [5.74, 6) is 1.50. The second-order valence-corrected chi connectivity index (χ2v) is 6.18. The number of carbonyl (C=O) groups is 1. The van der Waals surface area contributed by atoms with Crippen molar-refractivity contribution in [3.05, 3.63) is 29.5 Å². The van der Waals surface area contributed by atoms with Crippen LogP contribution in [0.4, 0.5) is 4.79 Å². The maximum atomic E-state index is 12.2. The van der Waals surface area contributed by atoms with Crippen molar-refractivity contribution in [1.29, 1.82) is 0 Å². The van der Waals surface area contributed by atoms with Crippen LogP contribution in [0.1, 0.15) is 37.6 Å². The van der Waals surface area contributed by atoms with Crippen molar-refractivity contribution >= 4 is 17.0 Å². The van der Waals surface area contributed by atoms with Crippen molar-refractivity contribution in [2.75, 3.05) is 20.7 Å². The number of furan rings is 1. The molecule has 0 aliphatic heterocycles. The van der Waals surface area contributed by atoms with Crippen LogP contribution in [0, 0.1) is 6.92 Å². The van der Waals surface area contributed by atoms with E-state index in [-0.39, 0.29) is 12.1 Å². The van der Waals surface area contributed by atoms with E-state index >= 15 is 0 Å². The molecule has 2 amide bonds. The van der Waals surface area contributed by atoms with Gasteiger partial charge >= 0.3 is 6.03 Å². The van der Waals surface area contributed by atoms with Crippen LogP contribution in [-0.4, -0.2) is 42.8 Å². The average molecular weight is 334 g/mol. The van der Waals surface area contributed by atoms with Crippen LogP contribution in [0.2, 0.25) is 0 Å². The van der Waals surface area contributed by atoms with E-state index in [1.165, 1.54) is 0 Å². The van der Waals surface area contributed by atoms with Gasteiger partial charge in [-0.15, -0.1) is 0 Å². The van der Waals surface area contributed by atoms with E-state index < -0.39 is 6.10 Å². The van der Waals surface area contributed by atoms with Gasteiger partial charge in [0, 0.05) is 24.5 Å². The van der Waals surface area contributed by atoms with E-state index in [4.69, 9.17) is 9.15 Å². The standard InChI is InChI=1S/C18H26N2O4/c1-11(21)8-9-20(4)18(22)19-13(3)17-12(2)15-10-14(23-5)6-7-16(15)24-17/h6-7,10-11,13,21H,8-9H2,1-5H3,(H,19,22). The van der Waals surface area contributed by atoms with E-state index in [9.17, 15) is 9.90 Å². The van der Waals surface area contributed by atoms with Crippen molar-refractivity contribution in [2.45, 2.75) is 39.3 Å². The Labute approximate surface area is 142 Å². The van der Waals surface area contributed by atoms with Gasteiger partial charge in [-0.2, -0.15) is 0 Å². The van der Waals surface area contributed by atoms with E-state index in [0.29, 0.717) is 13.0 Å². The minimum atomic E-state index is -0.426. The van der Waals surface area contributed by atoms with Gasteiger partial charge in [-0.1, -0.05) is 0 Å². The van der Waals surface area contributed by atoms with Crippen LogP contribution in [0.5, 0.6) is 5.75 Å². The number of amides is 2. The molecule has 0 saturated carbocycles. The lowest BCUT2D eigenvalue weighted by Gasteiger charge is -2.21. The molecule has 6 heteroatoms. The monoisotopic (exact) mass is 334 g/mol. The number of hydrogen-bond donors (Lipinski definition) is 2. The van der Waals surface area contributed by atoms with E-state index in [0.717, 1.165) is 28.0 Å². The molecule has 0 aliphatic rings. The minimum absolute atomic E-state index is 0.194. The summed E-state index contributed by atoms with van der Waals surface area (Å²) in [5, 5.41) is 13.2. The van der Waals surface area contributed by atoms with Crippen LogP contribution in [0.15, 0.2) is 22.6 Å². The second kappa shape index (κ2) is 7.57. The third-order valence-electron chi connectivity index (χ3n) is 4.14. The van der Waals surface area contributed by atoms with Gasteiger partial charge in [0.2, 0.25) is 0 Å². The quantitative estimate of drug-likeness (QED) is 0.850. The highest BCUT2D eigenvalue weighted by Crippen LogP contribution is 2.31. The molecule has 1 aromatic carbocycles. The van der Waals surface area contributed by atoms with Gasteiger partial charge < -0.3 is 24.5 Å². The largest absolute Gasteiger partial charge is 0.497 e. The zero-order chi connectivity index (χ0) is 17.9. The van der Waals surface area contributed by atoms with Gasteiger partial charge in [0.25, 0.3) is 0 Å². The first-order valence-corrected chi connectivity index (χ1v) is 8.10. The van der Waals surface area contributed by atoms with E-state index in [1.54, 1.807) is 26.0 Å². The lowest BCUT2D eigenvalue weighted by atomic mass is 10.1. The molecule has 2 aromatic rings. The molecule has 0 spiro atoms. The number of urea groups is 1. The Kier molecular flexibility index (Phi) is 5.72.